The van der Waals surface area contributed by atoms with E-state index in [4.69, 9.17) is 0 Å². The second-order valence-corrected chi connectivity index (χ2v) is 5.95. The van der Waals surface area contributed by atoms with Crippen LogP contribution in [0.1, 0.15) is 25.2 Å². The van der Waals surface area contributed by atoms with Gasteiger partial charge in [-0.15, -0.1) is 11.3 Å². The zero-order valence-corrected chi connectivity index (χ0v) is 13.3. The summed E-state index contributed by atoms with van der Waals surface area (Å²) in [6.07, 6.45) is 0.607. The number of esters is 1. The SMILES string of the molecule is COC(=O)c1ccc(C(=O)NCCc2nc3ccccc3[nH]2)s1. The van der Waals surface area contributed by atoms with Gasteiger partial charge in [0.15, 0.2) is 0 Å². The number of aromatic nitrogens is 2. The molecular formula is C16H15N3O3S. The van der Waals surface area contributed by atoms with Crippen LogP contribution in [-0.2, 0) is 11.2 Å². The first-order chi connectivity index (χ1) is 11.2. The van der Waals surface area contributed by atoms with Crippen molar-refractivity contribution in [3.63, 3.8) is 0 Å². The summed E-state index contributed by atoms with van der Waals surface area (Å²) in [6.45, 7) is 0.462. The van der Waals surface area contributed by atoms with Crippen molar-refractivity contribution in [3.8, 4) is 0 Å². The largest absolute Gasteiger partial charge is 0.465 e. The van der Waals surface area contributed by atoms with Crippen LogP contribution in [0, 0.1) is 0 Å². The van der Waals surface area contributed by atoms with Gasteiger partial charge in [0, 0.05) is 13.0 Å². The van der Waals surface area contributed by atoms with Crippen molar-refractivity contribution in [1.82, 2.24) is 15.3 Å². The fourth-order valence-corrected chi connectivity index (χ4v) is 3.02. The molecule has 0 aliphatic rings. The molecule has 0 saturated carbocycles. The molecule has 7 heteroatoms. The number of fused-ring (bicyclic) bond motifs is 1. The lowest BCUT2D eigenvalue weighted by atomic mass is 10.3. The number of carbonyl (C=O) groups is 2. The van der Waals surface area contributed by atoms with Crippen molar-refractivity contribution in [2.24, 2.45) is 0 Å². The van der Waals surface area contributed by atoms with Gasteiger partial charge in [0.2, 0.25) is 0 Å². The van der Waals surface area contributed by atoms with Gasteiger partial charge in [0.05, 0.1) is 23.0 Å². The average molecular weight is 329 g/mol. The summed E-state index contributed by atoms with van der Waals surface area (Å²) < 4.78 is 4.62. The van der Waals surface area contributed by atoms with Crippen LogP contribution < -0.4 is 5.32 Å². The second-order valence-electron chi connectivity index (χ2n) is 4.86. The van der Waals surface area contributed by atoms with Crippen LogP contribution in [-0.4, -0.2) is 35.5 Å². The van der Waals surface area contributed by atoms with E-state index in [1.165, 1.54) is 7.11 Å². The fourth-order valence-electron chi connectivity index (χ4n) is 2.18. The third kappa shape index (κ3) is 3.40. The smallest absolute Gasteiger partial charge is 0.348 e. The van der Waals surface area contributed by atoms with Crippen LogP contribution in [0.15, 0.2) is 36.4 Å². The van der Waals surface area contributed by atoms with Crippen molar-refractivity contribution in [1.29, 1.82) is 0 Å². The molecule has 3 aromatic rings. The van der Waals surface area contributed by atoms with Gasteiger partial charge in [-0.05, 0) is 24.3 Å². The number of H-pyrrole nitrogens is 1. The molecule has 0 bridgehead atoms. The lowest BCUT2D eigenvalue weighted by Crippen LogP contribution is -2.25. The van der Waals surface area contributed by atoms with E-state index >= 15 is 0 Å². The first-order valence-electron chi connectivity index (χ1n) is 7.07. The van der Waals surface area contributed by atoms with Crippen molar-refractivity contribution in [2.75, 3.05) is 13.7 Å². The lowest BCUT2D eigenvalue weighted by Gasteiger charge is -2.01. The molecule has 6 nitrogen and oxygen atoms in total. The molecule has 2 aromatic heterocycles. The molecule has 2 N–H and O–H groups in total. The Morgan fingerprint density at radius 1 is 1.22 bits per heavy atom. The van der Waals surface area contributed by atoms with E-state index in [0.717, 1.165) is 28.2 Å². The number of nitrogens with zero attached hydrogens (tertiary/aromatic N) is 1. The molecule has 1 amide bonds. The Morgan fingerprint density at radius 3 is 2.78 bits per heavy atom. The maximum Gasteiger partial charge on any atom is 0.348 e. The van der Waals surface area contributed by atoms with E-state index in [2.05, 4.69) is 20.0 Å². The number of imidazole rings is 1. The van der Waals surface area contributed by atoms with E-state index in [0.29, 0.717) is 22.7 Å². The molecule has 0 radical (unpaired) electrons. The molecule has 0 spiro atoms. The topological polar surface area (TPSA) is 84.1 Å². The zero-order chi connectivity index (χ0) is 16.2. The molecule has 0 unspecified atom stereocenters. The van der Waals surface area contributed by atoms with Gasteiger partial charge in [0.25, 0.3) is 5.91 Å². The fraction of sp³-hybridized carbons (Fsp3) is 0.188. The van der Waals surface area contributed by atoms with E-state index in [-0.39, 0.29) is 5.91 Å². The van der Waals surface area contributed by atoms with Gasteiger partial charge in [-0.2, -0.15) is 0 Å². The number of hydrogen-bond acceptors (Lipinski definition) is 5. The Balaban J connectivity index is 1.56. The van der Waals surface area contributed by atoms with Gasteiger partial charge in [0.1, 0.15) is 10.7 Å². The molecule has 23 heavy (non-hydrogen) atoms. The van der Waals surface area contributed by atoms with Gasteiger partial charge in [-0.1, -0.05) is 12.1 Å². The van der Waals surface area contributed by atoms with Crippen LogP contribution in [0.5, 0.6) is 0 Å². The Kier molecular flexibility index (Phi) is 4.38. The number of amides is 1. The third-order valence-corrected chi connectivity index (χ3v) is 4.37. The van der Waals surface area contributed by atoms with Crippen LogP contribution in [0.2, 0.25) is 0 Å². The predicted octanol–water partition coefficient (Wildman–Crippen LogP) is 2.38. The molecule has 2 heterocycles. The molecule has 1 aromatic carbocycles. The number of benzene rings is 1. The standard InChI is InChI=1S/C16H15N3O3S/c1-22-16(21)13-7-6-12(23-13)15(20)17-9-8-14-18-10-4-2-3-5-11(10)19-14/h2-7H,8-9H2,1H3,(H,17,20)(H,18,19). The van der Waals surface area contributed by atoms with Crippen LogP contribution in [0.25, 0.3) is 11.0 Å². The highest BCUT2D eigenvalue weighted by Crippen LogP contribution is 2.17. The molecule has 0 atom stereocenters. The number of aromatic amines is 1. The zero-order valence-electron chi connectivity index (χ0n) is 12.5. The van der Waals surface area contributed by atoms with E-state index in [9.17, 15) is 9.59 Å². The highest BCUT2D eigenvalue weighted by molar-refractivity contribution is 7.15. The quantitative estimate of drug-likeness (QED) is 0.704. The van der Waals surface area contributed by atoms with Gasteiger partial charge in [-0.25, -0.2) is 9.78 Å². The maximum atomic E-state index is 12.0. The van der Waals surface area contributed by atoms with Gasteiger partial charge >= 0.3 is 5.97 Å². The summed E-state index contributed by atoms with van der Waals surface area (Å²) >= 11 is 1.11. The minimum Gasteiger partial charge on any atom is -0.465 e. The van der Waals surface area contributed by atoms with Crippen molar-refractivity contribution in [2.45, 2.75) is 6.42 Å². The second kappa shape index (κ2) is 6.62. The van der Waals surface area contributed by atoms with Gasteiger partial charge in [-0.3, -0.25) is 4.79 Å². The van der Waals surface area contributed by atoms with Crippen LogP contribution in [0.4, 0.5) is 0 Å². The van der Waals surface area contributed by atoms with Gasteiger partial charge < -0.3 is 15.0 Å². The molecule has 0 saturated heterocycles. The summed E-state index contributed by atoms with van der Waals surface area (Å²) in [7, 11) is 1.31. The molecule has 118 valence electrons. The number of methoxy groups -OCH3 is 1. The van der Waals surface area contributed by atoms with E-state index < -0.39 is 5.97 Å². The normalized spacial score (nSPS) is 10.7. The Labute approximate surface area is 136 Å². The maximum absolute atomic E-state index is 12.0. The number of thiophene rings is 1. The summed E-state index contributed by atoms with van der Waals surface area (Å²) in [6, 6.07) is 11.0. The molecular weight excluding hydrogens is 314 g/mol. The predicted molar refractivity (Wildman–Crippen MR) is 87.8 cm³/mol. The Bertz CT molecular complexity index is 820. The van der Waals surface area contributed by atoms with Crippen LogP contribution >= 0.6 is 11.3 Å². The highest BCUT2D eigenvalue weighted by Gasteiger charge is 2.13. The number of nitrogens with one attached hydrogen (secondary N) is 2. The third-order valence-electron chi connectivity index (χ3n) is 3.30. The number of carbonyl (C=O) groups excluding carboxylic acids is 2. The lowest BCUT2D eigenvalue weighted by molar-refractivity contribution is 0.0606. The van der Waals surface area contributed by atoms with Crippen molar-refractivity contribution >= 4 is 34.2 Å². The molecule has 0 aliphatic carbocycles. The molecule has 0 fully saturated rings. The number of rotatable bonds is 5. The minimum atomic E-state index is -0.434. The summed E-state index contributed by atoms with van der Waals surface area (Å²) in [4.78, 5) is 32.0. The first kappa shape index (κ1) is 15.2. The molecule has 0 aliphatic heterocycles. The number of ether oxygens (including phenoxy) is 1. The van der Waals surface area contributed by atoms with E-state index in [1.54, 1.807) is 12.1 Å². The van der Waals surface area contributed by atoms with Crippen molar-refractivity contribution in [3.05, 3.63) is 52.0 Å². The summed E-state index contributed by atoms with van der Waals surface area (Å²) in [5, 5.41) is 2.82. The number of hydrogen-bond donors (Lipinski definition) is 2. The van der Waals surface area contributed by atoms with Crippen LogP contribution in [0.3, 0.4) is 0 Å². The van der Waals surface area contributed by atoms with Crippen molar-refractivity contribution < 1.29 is 14.3 Å². The summed E-state index contributed by atoms with van der Waals surface area (Å²) in [5.41, 5.74) is 1.89. The number of para-hydroxylation sites is 2. The monoisotopic (exact) mass is 329 g/mol. The highest BCUT2D eigenvalue weighted by atomic mass is 32.1. The Morgan fingerprint density at radius 2 is 2.00 bits per heavy atom. The van der Waals surface area contributed by atoms with E-state index in [1.807, 2.05) is 24.3 Å². The Hall–Kier alpha value is -2.67. The minimum absolute atomic E-state index is 0.207. The molecule has 3 rings (SSSR count). The summed E-state index contributed by atoms with van der Waals surface area (Å²) in [5.74, 6) is 0.186. The average Bonchev–Trinajstić information content (AvgIpc) is 3.20. The first-order valence-corrected chi connectivity index (χ1v) is 7.89.